The topological polar surface area (TPSA) is 110 Å². The van der Waals surface area contributed by atoms with Gasteiger partial charge in [-0.1, -0.05) is 35.6 Å². The van der Waals surface area contributed by atoms with Crippen molar-refractivity contribution in [2.75, 3.05) is 11.5 Å². The average Bonchev–Trinajstić information content (AvgIpc) is 3.42. The van der Waals surface area contributed by atoms with E-state index in [0.29, 0.717) is 37.4 Å². The Balaban J connectivity index is 1.56. The van der Waals surface area contributed by atoms with Crippen LogP contribution in [0.15, 0.2) is 75.9 Å². The molecule has 1 aliphatic rings. The smallest absolute Gasteiger partial charge is 0.338 e. The van der Waals surface area contributed by atoms with Crippen LogP contribution in [0.1, 0.15) is 45.0 Å². The molecule has 0 aliphatic carbocycles. The van der Waals surface area contributed by atoms with Crippen molar-refractivity contribution in [2.24, 2.45) is 0 Å². The van der Waals surface area contributed by atoms with Crippen LogP contribution in [-0.2, 0) is 4.74 Å². The highest BCUT2D eigenvalue weighted by atomic mass is 32.1. The van der Waals surface area contributed by atoms with Crippen molar-refractivity contribution in [1.29, 1.82) is 0 Å². The zero-order chi connectivity index (χ0) is 25.0. The molecule has 1 amide bonds. The molecule has 6 rings (SSSR count). The van der Waals surface area contributed by atoms with Gasteiger partial charge in [0.25, 0.3) is 5.91 Å². The van der Waals surface area contributed by atoms with E-state index in [-0.39, 0.29) is 29.1 Å². The van der Waals surface area contributed by atoms with Gasteiger partial charge >= 0.3 is 5.97 Å². The van der Waals surface area contributed by atoms with Gasteiger partial charge < -0.3 is 14.3 Å². The van der Waals surface area contributed by atoms with E-state index in [1.807, 2.05) is 0 Å². The molecule has 5 aromatic rings. The van der Waals surface area contributed by atoms with E-state index in [1.54, 1.807) is 61.5 Å². The third-order valence-corrected chi connectivity index (χ3v) is 7.08. The number of aromatic hydroxyl groups is 1. The maximum Gasteiger partial charge on any atom is 0.338 e. The summed E-state index contributed by atoms with van der Waals surface area (Å²) in [7, 11) is 0. The maximum atomic E-state index is 13.7. The monoisotopic (exact) mass is 498 g/mol. The first kappa shape index (κ1) is 22.0. The van der Waals surface area contributed by atoms with Gasteiger partial charge in [0.15, 0.2) is 10.6 Å². The van der Waals surface area contributed by atoms with E-state index in [4.69, 9.17) is 9.15 Å². The summed E-state index contributed by atoms with van der Waals surface area (Å²) in [5.41, 5.74) is 1.69. The second-order valence-corrected chi connectivity index (χ2v) is 9.25. The Hall–Kier alpha value is -4.50. The van der Waals surface area contributed by atoms with Gasteiger partial charge in [0.05, 0.1) is 39.4 Å². The second-order valence-electron chi connectivity index (χ2n) is 8.24. The number of phenolic OH excluding ortho intramolecular Hbond substituents is 1. The van der Waals surface area contributed by atoms with Crippen molar-refractivity contribution in [1.82, 2.24) is 4.98 Å². The number of thiazole rings is 1. The second kappa shape index (κ2) is 8.31. The van der Waals surface area contributed by atoms with Crippen LogP contribution >= 0.6 is 11.3 Å². The molecule has 0 fully saturated rings. The first-order valence-corrected chi connectivity index (χ1v) is 12.0. The van der Waals surface area contributed by atoms with Gasteiger partial charge in [-0.2, -0.15) is 0 Å². The largest absolute Gasteiger partial charge is 0.508 e. The number of anilines is 1. The third kappa shape index (κ3) is 3.36. The van der Waals surface area contributed by atoms with Crippen LogP contribution in [0.2, 0.25) is 0 Å². The molecule has 0 bridgehead atoms. The van der Waals surface area contributed by atoms with Crippen molar-refractivity contribution in [2.45, 2.75) is 13.0 Å². The number of ether oxygens (including phenoxy) is 1. The van der Waals surface area contributed by atoms with Crippen LogP contribution in [0.25, 0.3) is 21.2 Å². The number of carbonyl (C=O) groups is 2. The van der Waals surface area contributed by atoms with Gasteiger partial charge in [-0.05, 0) is 55.0 Å². The van der Waals surface area contributed by atoms with Gasteiger partial charge in [0.2, 0.25) is 5.76 Å². The summed E-state index contributed by atoms with van der Waals surface area (Å²) in [5.74, 6) is -1.01. The van der Waals surface area contributed by atoms with Crippen LogP contribution in [0, 0.1) is 0 Å². The lowest BCUT2D eigenvalue weighted by molar-refractivity contribution is 0.0526. The van der Waals surface area contributed by atoms with Gasteiger partial charge in [-0.3, -0.25) is 14.5 Å². The summed E-state index contributed by atoms with van der Waals surface area (Å²) >= 11 is 1.21. The summed E-state index contributed by atoms with van der Waals surface area (Å²) in [6, 6.07) is 17.3. The Morgan fingerprint density at radius 1 is 1.11 bits per heavy atom. The average molecular weight is 499 g/mol. The van der Waals surface area contributed by atoms with Crippen LogP contribution in [0.5, 0.6) is 5.75 Å². The zero-order valence-corrected chi connectivity index (χ0v) is 19.7. The van der Waals surface area contributed by atoms with Gasteiger partial charge in [-0.25, -0.2) is 9.78 Å². The Bertz CT molecular complexity index is 1750. The zero-order valence-electron chi connectivity index (χ0n) is 18.9. The predicted octanol–water partition coefficient (Wildman–Crippen LogP) is 5.03. The van der Waals surface area contributed by atoms with E-state index in [1.165, 1.54) is 28.4 Å². The highest BCUT2D eigenvalue weighted by Gasteiger charge is 2.45. The molecule has 3 aromatic carbocycles. The van der Waals surface area contributed by atoms with Crippen LogP contribution in [-0.4, -0.2) is 28.6 Å². The Morgan fingerprint density at radius 2 is 1.94 bits per heavy atom. The molecule has 0 spiro atoms. The van der Waals surface area contributed by atoms with Crippen molar-refractivity contribution < 1.29 is 23.8 Å². The standard InChI is InChI=1S/C27H18N2O6S/c1-2-34-26(33)15-10-11-18-20(13-15)36-27(28-18)29-22(14-6-5-7-16(30)12-14)21-23(31)17-8-3-4-9-19(17)35-24(21)25(29)32/h3-13,22,30H,2H2,1H3/t22-/m0/s1. The molecule has 1 atom stereocenters. The molecule has 36 heavy (non-hydrogen) atoms. The number of phenols is 1. The molecule has 1 aliphatic heterocycles. The molecule has 8 nitrogen and oxygen atoms in total. The summed E-state index contributed by atoms with van der Waals surface area (Å²) in [6.07, 6.45) is 0. The summed E-state index contributed by atoms with van der Waals surface area (Å²) in [4.78, 5) is 45.6. The first-order chi connectivity index (χ1) is 17.5. The van der Waals surface area contributed by atoms with Crippen molar-refractivity contribution in [3.63, 3.8) is 0 Å². The number of amides is 1. The fourth-order valence-corrected chi connectivity index (χ4v) is 5.52. The number of carbonyl (C=O) groups excluding carboxylic acids is 2. The van der Waals surface area contributed by atoms with Crippen LogP contribution in [0.3, 0.4) is 0 Å². The number of nitrogens with zero attached hydrogens (tertiary/aromatic N) is 2. The fourth-order valence-electron chi connectivity index (χ4n) is 4.48. The molecule has 0 radical (unpaired) electrons. The molecule has 1 N–H and O–H groups in total. The molecule has 3 heterocycles. The molecule has 178 valence electrons. The lowest BCUT2D eigenvalue weighted by atomic mass is 9.98. The molecule has 0 saturated heterocycles. The minimum Gasteiger partial charge on any atom is -0.508 e. The number of esters is 1. The van der Waals surface area contributed by atoms with Crippen LogP contribution in [0.4, 0.5) is 5.13 Å². The minimum atomic E-state index is -0.856. The maximum absolute atomic E-state index is 13.7. The SMILES string of the molecule is CCOC(=O)c1ccc2nc(N3C(=O)c4oc5ccccc5c(=O)c4[C@@H]3c3cccc(O)c3)sc2c1. The number of hydrogen-bond acceptors (Lipinski definition) is 8. The van der Waals surface area contributed by atoms with E-state index in [9.17, 15) is 19.5 Å². The summed E-state index contributed by atoms with van der Waals surface area (Å²) in [6.45, 7) is 1.99. The van der Waals surface area contributed by atoms with E-state index in [0.717, 1.165) is 0 Å². The van der Waals surface area contributed by atoms with Gasteiger partial charge in [-0.15, -0.1) is 0 Å². The van der Waals surface area contributed by atoms with E-state index >= 15 is 0 Å². The Labute approximate surface area is 208 Å². The van der Waals surface area contributed by atoms with Crippen molar-refractivity contribution in [3.8, 4) is 5.75 Å². The summed E-state index contributed by atoms with van der Waals surface area (Å²) in [5, 5.41) is 10.9. The first-order valence-electron chi connectivity index (χ1n) is 11.2. The number of rotatable bonds is 4. The van der Waals surface area contributed by atoms with E-state index < -0.39 is 17.9 Å². The molecule has 0 unspecified atom stereocenters. The number of para-hydroxylation sites is 1. The molecular formula is C27H18N2O6S. The normalized spacial score (nSPS) is 15.0. The third-order valence-electron chi connectivity index (χ3n) is 6.06. The highest BCUT2D eigenvalue weighted by Crippen LogP contribution is 2.44. The van der Waals surface area contributed by atoms with E-state index in [2.05, 4.69) is 4.98 Å². The van der Waals surface area contributed by atoms with Crippen LogP contribution < -0.4 is 10.3 Å². The fraction of sp³-hybridized carbons (Fsp3) is 0.111. The summed E-state index contributed by atoms with van der Waals surface area (Å²) < 4.78 is 11.7. The lowest BCUT2D eigenvalue weighted by Crippen LogP contribution is -2.29. The highest BCUT2D eigenvalue weighted by molar-refractivity contribution is 7.22. The quantitative estimate of drug-likeness (QED) is 0.346. The van der Waals surface area contributed by atoms with Crippen molar-refractivity contribution in [3.05, 3.63) is 99.4 Å². The predicted molar refractivity (Wildman–Crippen MR) is 135 cm³/mol. The van der Waals surface area contributed by atoms with Gasteiger partial charge in [0.1, 0.15) is 11.3 Å². The minimum absolute atomic E-state index is 0.00176. The molecule has 0 saturated carbocycles. The number of fused-ring (bicyclic) bond motifs is 3. The number of hydrogen-bond donors (Lipinski definition) is 1. The van der Waals surface area contributed by atoms with Crippen molar-refractivity contribution >= 4 is 49.5 Å². The Morgan fingerprint density at radius 3 is 2.75 bits per heavy atom. The molecule has 2 aromatic heterocycles. The number of benzene rings is 3. The molecule has 9 heteroatoms. The molecular weight excluding hydrogens is 480 g/mol. The lowest BCUT2D eigenvalue weighted by Gasteiger charge is -2.22. The Kier molecular flexibility index (Phi) is 5.08. The van der Waals surface area contributed by atoms with Gasteiger partial charge in [0, 0.05) is 0 Å². The number of aromatic nitrogens is 1.